The van der Waals surface area contributed by atoms with Crippen molar-refractivity contribution in [1.82, 2.24) is 4.90 Å². The van der Waals surface area contributed by atoms with Crippen molar-refractivity contribution in [2.75, 3.05) is 6.54 Å². The summed E-state index contributed by atoms with van der Waals surface area (Å²) in [6.45, 7) is 0.985. The van der Waals surface area contributed by atoms with Gasteiger partial charge >= 0.3 is 6.03 Å². The molecule has 0 unspecified atom stereocenters. The highest BCUT2D eigenvalue weighted by atomic mass is 35.5. The van der Waals surface area contributed by atoms with E-state index in [1.54, 1.807) is 11.0 Å². The SMILES string of the molecule is C.NC(N)=NC(=O)N1CCc2cccc(-c3cccc(Cl)c3Cl)c2C1. The lowest BCUT2D eigenvalue weighted by Gasteiger charge is -2.29. The summed E-state index contributed by atoms with van der Waals surface area (Å²) in [7, 11) is 0. The Morgan fingerprint density at radius 1 is 1.08 bits per heavy atom. The minimum atomic E-state index is -0.437. The number of aliphatic imine (C=N–C) groups is 1. The highest BCUT2D eigenvalue weighted by molar-refractivity contribution is 6.43. The number of carbonyl (C=O) groups is 1. The largest absolute Gasteiger partial charge is 0.370 e. The second-order valence-corrected chi connectivity index (χ2v) is 6.32. The molecule has 5 nitrogen and oxygen atoms in total. The number of benzene rings is 2. The fraction of sp³-hybridized carbons (Fsp3) is 0.222. The molecule has 3 rings (SSSR count). The van der Waals surface area contributed by atoms with Crippen LogP contribution in [0.4, 0.5) is 4.79 Å². The zero-order valence-electron chi connectivity index (χ0n) is 12.8. The van der Waals surface area contributed by atoms with Crippen LogP contribution in [-0.2, 0) is 13.0 Å². The second kappa shape index (κ2) is 7.76. The summed E-state index contributed by atoms with van der Waals surface area (Å²) in [5, 5.41) is 0.997. The number of guanidine groups is 1. The zero-order chi connectivity index (χ0) is 17.3. The van der Waals surface area contributed by atoms with Crippen molar-refractivity contribution < 1.29 is 4.79 Å². The van der Waals surface area contributed by atoms with Crippen LogP contribution in [0.5, 0.6) is 0 Å². The van der Waals surface area contributed by atoms with Gasteiger partial charge in [-0.05, 0) is 29.2 Å². The van der Waals surface area contributed by atoms with Gasteiger partial charge in [-0.1, -0.05) is 61.0 Å². The molecular weight excluding hydrogens is 359 g/mol. The van der Waals surface area contributed by atoms with Crippen molar-refractivity contribution in [3.8, 4) is 11.1 Å². The van der Waals surface area contributed by atoms with E-state index in [2.05, 4.69) is 11.1 Å². The lowest BCUT2D eigenvalue weighted by Crippen LogP contribution is -2.36. The number of nitrogens with zero attached hydrogens (tertiary/aromatic N) is 2. The molecule has 0 aromatic heterocycles. The van der Waals surface area contributed by atoms with Gasteiger partial charge in [0, 0.05) is 18.7 Å². The van der Waals surface area contributed by atoms with Gasteiger partial charge in [0.05, 0.1) is 10.0 Å². The summed E-state index contributed by atoms with van der Waals surface area (Å²) in [5.41, 5.74) is 14.6. The Morgan fingerprint density at radius 2 is 1.76 bits per heavy atom. The maximum Gasteiger partial charge on any atom is 0.347 e. The van der Waals surface area contributed by atoms with E-state index in [-0.39, 0.29) is 13.4 Å². The summed E-state index contributed by atoms with van der Waals surface area (Å²) < 4.78 is 0. The van der Waals surface area contributed by atoms with Crippen LogP contribution in [0.2, 0.25) is 10.0 Å². The van der Waals surface area contributed by atoms with Crippen molar-refractivity contribution in [2.45, 2.75) is 20.4 Å². The van der Waals surface area contributed by atoms with Gasteiger partial charge in [-0.3, -0.25) is 0 Å². The average molecular weight is 379 g/mol. The molecule has 4 N–H and O–H groups in total. The second-order valence-electron chi connectivity index (χ2n) is 5.54. The molecule has 25 heavy (non-hydrogen) atoms. The highest BCUT2D eigenvalue weighted by Crippen LogP contribution is 2.37. The number of carbonyl (C=O) groups excluding carboxylic acids is 1. The third-order valence-electron chi connectivity index (χ3n) is 4.01. The zero-order valence-corrected chi connectivity index (χ0v) is 14.3. The smallest absolute Gasteiger partial charge is 0.347 e. The molecule has 2 amide bonds. The van der Waals surface area contributed by atoms with Crippen LogP contribution in [0.15, 0.2) is 41.4 Å². The van der Waals surface area contributed by atoms with Gasteiger partial charge in [-0.2, -0.15) is 4.99 Å². The number of halogens is 2. The fourth-order valence-electron chi connectivity index (χ4n) is 2.89. The van der Waals surface area contributed by atoms with Crippen LogP contribution in [0.25, 0.3) is 11.1 Å². The van der Waals surface area contributed by atoms with E-state index in [9.17, 15) is 4.79 Å². The normalized spacial score (nSPS) is 12.8. The van der Waals surface area contributed by atoms with E-state index >= 15 is 0 Å². The van der Waals surface area contributed by atoms with E-state index in [1.165, 1.54) is 5.56 Å². The monoisotopic (exact) mass is 378 g/mol. The molecule has 2 aromatic carbocycles. The van der Waals surface area contributed by atoms with Crippen molar-refractivity contribution in [3.05, 3.63) is 57.6 Å². The van der Waals surface area contributed by atoms with Gasteiger partial charge in [-0.15, -0.1) is 0 Å². The van der Waals surface area contributed by atoms with Crippen molar-refractivity contribution in [1.29, 1.82) is 0 Å². The number of urea groups is 1. The number of hydrogen-bond acceptors (Lipinski definition) is 1. The van der Waals surface area contributed by atoms with Gasteiger partial charge in [0.15, 0.2) is 5.96 Å². The van der Waals surface area contributed by atoms with Crippen LogP contribution in [-0.4, -0.2) is 23.4 Å². The molecule has 0 fully saturated rings. The van der Waals surface area contributed by atoms with E-state index in [0.29, 0.717) is 23.1 Å². The van der Waals surface area contributed by atoms with E-state index in [1.807, 2.05) is 24.3 Å². The molecular formula is C18H20Cl2N4O. The van der Waals surface area contributed by atoms with Gasteiger partial charge in [0.2, 0.25) is 0 Å². The predicted molar refractivity (Wildman–Crippen MR) is 104 cm³/mol. The quantitative estimate of drug-likeness (QED) is 0.579. The summed E-state index contributed by atoms with van der Waals surface area (Å²) in [4.78, 5) is 17.4. The maximum absolute atomic E-state index is 12.1. The number of fused-ring (bicyclic) bond motifs is 1. The fourth-order valence-corrected chi connectivity index (χ4v) is 3.29. The lowest BCUT2D eigenvalue weighted by molar-refractivity contribution is 0.203. The van der Waals surface area contributed by atoms with E-state index < -0.39 is 6.03 Å². The molecule has 1 heterocycles. The molecule has 1 aliphatic heterocycles. The summed E-state index contributed by atoms with van der Waals surface area (Å²) >= 11 is 12.5. The molecule has 0 atom stereocenters. The first-order valence-electron chi connectivity index (χ1n) is 7.41. The molecule has 0 bridgehead atoms. The Bertz CT molecular complexity index is 832. The minimum absolute atomic E-state index is 0. The molecule has 2 aromatic rings. The Balaban J connectivity index is 0.00000225. The third-order valence-corrected chi connectivity index (χ3v) is 4.83. The van der Waals surface area contributed by atoms with E-state index in [0.717, 1.165) is 23.1 Å². The summed E-state index contributed by atoms with van der Waals surface area (Å²) in [5.74, 6) is -0.239. The Labute approximate surface area is 157 Å². The molecule has 132 valence electrons. The van der Waals surface area contributed by atoms with E-state index in [4.69, 9.17) is 34.7 Å². The number of hydrogen-bond donors (Lipinski definition) is 2. The van der Waals surface area contributed by atoms with Gasteiger partial charge in [-0.25, -0.2) is 4.79 Å². The third kappa shape index (κ3) is 3.89. The average Bonchev–Trinajstić information content (AvgIpc) is 2.56. The Kier molecular flexibility index (Phi) is 5.93. The molecule has 1 aliphatic rings. The van der Waals surface area contributed by atoms with Crippen LogP contribution < -0.4 is 11.5 Å². The molecule has 0 radical (unpaired) electrons. The predicted octanol–water partition coefficient (Wildman–Crippen LogP) is 4.05. The summed E-state index contributed by atoms with van der Waals surface area (Å²) in [6.07, 6.45) is 0.729. The first-order valence-corrected chi connectivity index (χ1v) is 8.16. The van der Waals surface area contributed by atoms with Crippen molar-refractivity contribution >= 4 is 35.2 Å². The van der Waals surface area contributed by atoms with Crippen LogP contribution >= 0.6 is 23.2 Å². The molecule has 0 saturated carbocycles. The van der Waals surface area contributed by atoms with Gasteiger partial charge in [0.1, 0.15) is 0 Å². The van der Waals surface area contributed by atoms with Crippen LogP contribution in [0.3, 0.4) is 0 Å². The summed E-state index contributed by atoms with van der Waals surface area (Å²) in [6, 6.07) is 11.1. The maximum atomic E-state index is 12.1. The number of rotatable bonds is 1. The number of nitrogens with two attached hydrogens (primary N) is 2. The lowest BCUT2D eigenvalue weighted by atomic mass is 9.91. The van der Waals surface area contributed by atoms with Gasteiger partial charge in [0.25, 0.3) is 0 Å². The molecule has 0 saturated heterocycles. The topological polar surface area (TPSA) is 84.7 Å². The van der Waals surface area contributed by atoms with Crippen LogP contribution in [0, 0.1) is 0 Å². The molecule has 0 spiro atoms. The molecule has 7 heteroatoms. The number of amides is 2. The van der Waals surface area contributed by atoms with Crippen molar-refractivity contribution in [3.63, 3.8) is 0 Å². The van der Waals surface area contributed by atoms with Crippen LogP contribution in [0.1, 0.15) is 18.6 Å². The molecule has 0 aliphatic carbocycles. The highest BCUT2D eigenvalue weighted by Gasteiger charge is 2.23. The Hall–Kier alpha value is -2.24. The standard InChI is InChI=1S/C17H16Cl2N4O.CH4/c18-14-6-2-5-12(15(14)19)11-4-1-3-10-7-8-23(9-13(10)11)17(24)22-16(20)21;/h1-6H,7-9H2,(H4,20,21,22,24);1H4. The Morgan fingerprint density at radius 3 is 2.48 bits per heavy atom. The minimum Gasteiger partial charge on any atom is -0.370 e. The first-order chi connectivity index (χ1) is 11.5. The van der Waals surface area contributed by atoms with Gasteiger partial charge < -0.3 is 16.4 Å². The van der Waals surface area contributed by atoms with Crippen molar-refractivity contribution in [2.24, 2.45) is 16.5 Å². The first kappa shape index (κ1) is 19.1.